The Morgan fingerprint density at radius 3 is 2.48 bits per heavy atom. The van der Waals surface area contributed by atoms with Gasteiger partial charge in [-0.05, 0) is 43.8 Å². The van der Waals surface area contributed by atoms with Crippen molar-refractivity contribution in [2.45, 2.75) is 19.9 Å². The van der Waals surface area contributed by atoms with Gasteiger partial charge in [0.1, 0.15) is 5.82 Å². The van der Waals surface area contributed by atoms with E-state index in [1.54, 1.807) is 6.07 Å². The van der Waals surface area contributed by atoms with Crippen LogP contribution in [0.3, 0.4) is 0 Å². The van der Waals surface area contributed by atoms with E-state index in [2.05, 4.69) is 10.6 Å². The van der Waals surface area contributed by atoms with Gasteiger partial charge in [-0.3, -0.25) is 4.79 Å². The van der Waals surface area contributed by atoms with Gasteiger partial charge in [0.25, 0.3) is 0 Å². The van der Waals surface area contributed by atoms with Crippen molar-refractivity contribution in [1.82, 2.24) is 10.6 Å². The number of hydrogen-bond acceptors (Lipinski definition) is 2. The molecule has 1 aliphatic rings. The third-order valence-electron chi connectivity index (χ3n) is 4.08. The van der Waals surface area contributed by atoms with Gasteiger partial charge in [0.15, 0.2) is 10.9 Å². The van der Waals surface area contributed by atoms with Crippen molar-refractivity contribution < 1.29 is 9.18 Å². The Kier molecular flexibility index (Phi) is 4.88. The van der Waals surface area contributed by atoms with Gasteiger partial charge < -0.3 is 10.6 Å². The molecule has 2 aromatic rings. The highest BCUT2D eigenvalue weighted by Crippen LogP contribution is 2.36. The Morgan fingerprint density at radius 1 is 1.20 bits per heavy atom. The first-order valence-corrected chi connectivity index (χ1v) is 8.50. The van der Waals surface area contributed by atoms with Crippen molar-refractivity contribution in [3.63, 3.8) is 0 Å². The summed E-state index contributed by atoms with van der Waals surface area (Å²) in [6, 6.07) is 11.4. The highest BCUT2D eigenvalue weighted by atomic mass is 35.5. The van der Waals surface area contributed by atoms with Crippen molar-refractivity contribution in [3.05, 3.63) is 75.6 Å². The lowest BCUT2D eigenvalue weighted by atomic mass is 9.90. The van der Waals surface area contributed by atoms with Gasteiger partial charge in [-0.2, -0.15) is 0 Å². The molecule has 2 N–H and O–H groups in total. The molecule has 0 aromatic heterocycles. The number of rotatable bonds is 3. The van der Waals surface area contributed by atoms with E-state index in [4.69, 9.17) is 23.8 Å². The third-order valence-corrected chi connectivity index (χ3v) is 4.63. The molecule has 0 aliphatic carbocycles. The van der Waals surface area contributed by atoms with Gasteiger partial charge in [-0.25, -0.2) is 4.39 Å². The maximum Gasteiger partial charge on any atom is 0.171 e. The second kappa shape index (κ2) is 6.94. The number of thiocarbonyl (C=S) groups is 1. The van der Waals surface area contributed by atoms with Crippen molar-refractivity contribution in [3.8, 4) is 0 Å². The number of benzene rings is 2. The molecule has 1 aliphatic heterocycles. The molecule has 2 aromatic carbocycles. The average Bonchev–Trinajstić information content (AvgIpc) is 2.54. The second-order valence-corrected chi connectivity index (χ2v) is 6.69. The molecule has 25 heavy (non-hydrogen) atoms. The fraction of sp³-hybridized carbons (Fsp3) is 0.158. The summed E-state index contributed by atoms with van der Waals surface area (Å²) in [6.07, 6.45) is 0. The van der Waals surface area contributed by atoms with Crippen molar-refractivity contribution in [2.75, 3.05) is 0 Å². The predicted molar refractivity (Wildman–Crippen MR) is 102 cm³/mol. The normalized spacial score (nSPS) is 17.1. The summed E-state index contributed by atoms with van der Waals surface area (Å²) in [6.45, 7) is 3.43. The zero-order valence-electron chi connectivity index (χ0n) is 13.7. The number of ketones is 1. The zero-order valence-corrected chi connectivity index (χ0v) is 15.3. The Morgan fingerprint density at radius 2 is 1.88 bits per heavy atom. The van der Waals surface area contributed by atoms with E-state index < -0.39 is 11.9 Å². The maximum atomic E-state index is 14.5. The fourth-order valence-electron chi connectivity index (χ4n) is 2.89. The lowest BCUT2D eigenvalue weighted by molar-refractivity contribution is -0.113. The van der Waals surface area contributed by atoms with E-state index >= 15 is 0 Å². The van der Waals surface area contributed by atoms with Crippen LogP contribution in [0.15, 0.2) is 48.0 Å². The molecule has 6 heteroatoms. The zero-order chi connectivity index (χ0) is 18.1. The lowest BCUT2D eigenvalue weighted by Gasteiger charge is -2.32. The van der Waals surface area contributed by atoms with Crippen molar-refractivity contribution in [1.29, 1.82) is 0 Å². The highest BCUT2D eigenvalue weighted by Gasteiger charge is 2.33. The SMILES string of the molecule is CC(=O)C1=C(c2ccc(C)cc2)NC(=S)N[C@H]1c1c(F)cccc1Cl. The monoisotopic (exact) mass is 374 g/mol. The van der Waals surface area contributed by atoms with E-state index in [9.17, 15) is 9.18 Å². The van der Waals surface area contributed by atoms with Crippen molar-refractivity contribution in [2.24, 2.45) is 0 Å². The van der Waals surface area contributed by atoms with E-state index in [1.165, 1.54) is 19.1 Å². The van der Waals surface area contributed by atoms with Crippen LogP contribution >= 0.6 is 23.8 Å². The molecule has 0 fully saturated rings. The van der Waals surface area contributed by atoms with Crippen LogP contribution < -0.4 is 10.6 Å². The summed E-state index contributed by atoms with van der Waals surface area (Å²) >= 11 is 11.5. The van der Waals surface area contributed by atoms with E-state index in [0.29, 0.717) is 16.4 Å². The smallest absolute Gasteiger partial charge is 0.171 e. The molecule has 0 unspecified atom stereocenters. The number of carbonyl (C=O) groups excluding carboxylic acids is 1. The van der Waals surface area contributed by atoms with Gasteiger partial charge in [0.05, 0.1) is 11.7 Å². The van der Waals surface area contributed by atoms with E-state index in [0.717, 1.165) is 11.1 Å². The number of aryl methyl sites for hydroxylation is 1. The van der Waals surface area contributed by atoms with E-state index in [-0.39, 0.29) is 16.4 Å². The first-order valence-electron chi connectivity index (χ1n) is 7.72. The van der Waals surface area contributed by atoms with Gasteiger partial charge in [-0.15, -0.1) is 0 Å². The average molecular weight is 375 g/mol. The highest BCUT2D eigenvalue weighted by molar-refractivity contribution is 7.80. The van der Waals surface area contributed by atoms with Crippen LogP contribution in [-0.2, 0) is 4.79 Å². The van der Waals surface area contributed by atoms with Crippen LogP contribution in [-0.4, -0.2) is 10.9 Å². The van der Waals surface area contributed by atoms with Crippen LogP contribution in [0.5, 0.6) is 0 Å². The number of carbonyl (C=O) groups is 1. The Hall–Kier alpha value is -2.24. The molecule has 3 rings (SSSR count). The van der Waals surface area contributed by atoms with Gasteiger partial charge in [0.2, 0.25) is 0 Å². The molecule has 1 heterocycles. The number of hydrogen-bond donors (Lipinski definition) is 2. The van der Waals surface area contributed by atoms with Gasteiger partial charge >= 0.3 is 0 Å². The van der Waals surface area contributed by atoms with Gasteiger partial charge in [0, 0.05) is 16.2 Å². The molecule has 0 amide bonds. The molecule has 0 radical (unpaired) electrons. The molecular formula is C19H16ClFN2OS. The minimum atomic E-state index is -0.753. The number of nitrogens with one attached hydrogen (secondary N) is 2. The molecule has 1 atom stereocenters. The largest absolute Gasteiger partial charge is 0.351 e. The maximum absolute atomic E-state index is 14.5. The Bertz CT molecular complexity index is 873. The first-order chi connectivity index (χ1) is 11.9. The summed E-state index contributed by atoms with van der Waals surface area (Å²) in [5.74, 6) is -0.681. The number of halogens is 2. The fourth-order valence-corrected chi connectivity index (χ4v) is 3.39. The summed E-state index contributed by atoms with van der Waals surface area (Å²) < 4.78 is 14.5. The topological polar surface area (TPSA) is 41.1 Å². The minimum absolute atomic E-state index is 0.192. The molecule has 128 valence electrons. The summed E-state index contributed by atoms with van der Waals surface area (Å²) in [7, 11) is 0. The molecule has 0 saturated heterocycles. The molecule has 3 nitrogen and oxygen atoms in total. The molecule has 0 bridgehead atoms. The van der Waals surface area contributed by atoms with Crippen LogP contribution in [0.25, 0.3) is 5.70 Å². The van der Waals surface area contributed by atoms with Crippen molar-refractivity contribution >= 4 is 40.4 Å². The predicted octanol–water partition coefficient (Wildman–Crippen LogP) is 4.31. The molecule has 0 spiro atoms. The van der Waals surface area contributed by atoms with Crippen LogP contribution in [0.4, 0.5) is 4.39 Å². The van der Waals surface area contributed by atoms with E-state index in [1.807, 2.05) is 31.2 Å². The summed E-state index contributed by atoms with van der Waals surface area (Å²) in [5.41, 5.74) is 3.07. The second-order valence-electron chi connectivity index (χ2n) is 5.88. The minimum Gasteiger partial charge on any atom is -0.351 e. The summed E-state index contributed by atoms with van der Waals surface area (Å²) in [5, 5.41) is 6.56. The first kappa shape index (κ1) is 17.6. The molecular weight excluding hydrogens is 359 g/mol. The standard InChI is InChI=1S/C19H16ClFN2OS/c1-10-6-8-12(9-7-10)17-15(11(2)24)18(23-19(25)22-17)16-13(20)4-3-5-14(16)21/h3-9,18H,1-2H3,(H2,22,23,25)/t18-/m1/s1. The Labute approximate surface area is 155 Å². The van der Waals surface area contributed by atoms with Crippen LogP contribution in [0.2, 0.25) is 5.02 Å². The van der Waals surface area contributed by atoms with Gasteiger partial charge in [-0.1, -0.05) is 47.5 Å². The number of Topliss-reactive ketones (excluding diaryl/α,β-unsaturated/α-hetero) is 1. The Balaban J connectivity index is 2.24. The molecule has 0 saturated carbocycles. The lowest BCUT2D eigenvalue weighted by Crippen LogP contribution is -2.45. The summed E-state index contributed by atoms with van der Waals surface area (Å²) in [4.78, 5) is 12.4. The third kappa shape index (κ3) is 3.43. The van der Waals surface area contributed by atoms with Crippen LogP contribution in [0, 0.1) is 12.7 Å². The quantitative estimate of drug-likeness (QED) is 0.786. The van der Waals surface area contributed by atoms with Crippen LogP contribution in [0.1, 0.15) is 29.7 Å².